The van der Waals surface area contributed by atoms with Crippen LogP contribution in [0.2, 0.25) is 0 Å². The van der Waals surface area contributed by atoms with Crippen LogP contribution in [0.15, 0.2) is 0 Å². The maximum absolute atomic E-state index is 11.2. The van der Waals surface area contributed by atoms with Crippen molar-refractivity contribution < 1.29 is 13.2 Å². The van der Waals surface area contributed by atoms with Crippen LogP contribution in [0.3, 0.4) is 0 Å². The molecule has 2 aliphatic heterocycles. The second-order valence-corrected chi connectivity index (χ2v) is 7.03. The molecule has 2 aliphatic rings. The molecule has 0 radical (unpaired) electrons. The molecule has 2 saturated heterocycles. The van der Waals surface area contributed by atoms with Gasteiger partial charge in [-0.25, -0.2) is 8.42 Å². The Morgan fingerprint density at radius 1 is 1.19 bits per heavy atom. The Balaban J connectivity index is 1.61. The third-order valence-electron chi connectivity index (χ3n) is 3.40. The fourth-order valence-electron chi connectivity index (χ4n) is 2.42. The van der Waals surface area contributed by atoms with Gasteiger partial charge in [-0.2, -0.15) is 0 Å². The van der Waals surface area contributed by atoms with E-state index in [0.29, 0.717) is 18.8 Å². The van der Waals surface area contributed by atoms with E-state index < -0.39 is 9.84 Å². The molecule has 0 aromatic rings. The van der Waals surface area contributed by atoms with Crippen molar-refractivity contribution in [2.45, 2.75) is 31.8 Å². The molecule has 2 fully saturated rings. The maximum atomic E-state index is 11.2. The predicted molar refractivity (Wildman–Crippen MR) is 63.3 cm³/mol. The Kier molecular flexibility index (Phi) is 4.21. The largest absolute Gasteiger partial charge is 0.376 e. The van der Waals surface area contributed by atoms with Crippen molar-refractivity contribution >= 4 is 9.84 Å². The quantitative estimate of drug-likeness (QED) is 0.733. The Hall–Kier alpha value is -0.130. The summed E-state index contributed by atoms with van der Waals surface area (Å²) in [4.78, 5) is 2.41. The Bertz CT molecular complexity index is 309. The zero-order valence-corrected chi connectivity index (χ0v) is 10.5. The van der Waals surface area contributed by atoms with Crippen LogP contribution in [0.1, 0.15) is 25.7 Å². The van der Waals surface area contributed by atoms with Crippen LogP contribution >= 0.6 is 0 Å². The predicted octanol–water partition coefficient (Wildman–Crippen LogP) is 0.676. The summed E-state index contributed by atoms with van der Waals surface area (Å²) >= 11 is 0. The zero-order chi connectivity index (χ0) is 11.4. The summed E-state index contributed by atoms with van der Waals surface area (Å²) in [6, 6.07) is 0. The minimum absolute atomic E-state index is 0.0465. The maximum Gasteiger partial charge on any atom is 0.152 e. The number of piperidine rings is 1. The van der Waals surface area contributed by atoms with E-state index in [-0.39, 0.29) is 11.9 Å². The lowest BCUT2D eigenvalue weighted by Gasteiger charge is -2.26. The summed E-state index contributed by atoms with van der Waals surface area (Å²) in [5, 5.41) is 0. The van der Waals surface area contributed by atoms with Gasteiger partial charge >= 0.3 is 0 Å². The third kappa shape index (κ3) is 3.71. The summed E-state index contributed by atoms with van der Waals surface area (Å²) in [6.07, 6.45) is 4.56. The summed E-state index contributed by atoms with van der Waals surface area (Å²) in [6.45, 7) is 3.98. The van der Waals surface area contributed by atoms with Gasteiger partial charge in [0.15, 0.2) is 9.84 Å². The molecule has 0 saturated carbocycles. The van der Waals surface area contributed by atoms with Crippen LogP contribution in [-0.2, 0) is 14.6 Å². The minimum Gasteiger partial charge on any atom is -0.376 e. The molecule has 1 atom stereocenters. The SMILES string of the molecule is O=S1(=O)CCC(OCCN2CCCCC2)C1. The van der Waals surface area contributed by atoms with Gasteiger partial charge in [0, 0.05) is 6.54 Å². The highest BCUT2D eigenvalue weighted by Gasteiger charge is 2.28. The fraction of sp³-hybridized carbons (Fsp3) is 1.00. The molecule has 2 rings (SSSR count). The Morgan fingerprint density at radius 2 is 1.94 bits per heavy atom. The molecule has 5 heteroatoms. The molecular formula is C11H21NO3S. The monoisotopic (exact) mass is 247 g/mol. The molecule has 0 spiro atoms. The highest BCUT2D eigenvalue weighted by atomic mass is 32.2. The zero-order valence-electron chi connectivity index (χ0n) is 9.73. The van der Waals surface area contributed by atoms with Crippen molar-refractivity contribution in [1.82, 2.24) is 4.90 Å². The van der Waals surface area contributed by atoms with Gasteiger partial charge in [0.05, 0.1) is 24.2 Å². The number of likely N-dealkylation sites (tertiary alicyclic amines) is 1. The topological polar surface area (TPSA) is 46.6 Å². The van der Waals surface area contributed by atoms with Crippen molar-refractivity contribution in [2.75, 3.05) is 37.7 Å². The van der Waals surface area contributed by atoms with E-state index in [9.17, 15) is 8.42 Å². The normalized spacial score (nSPS) is 30.6. The van der Waals surface area contributed by atoms with Crippen molar-refractivity contribution in [3.05, 3.63) is 0 Å². The van der Waals surface area contributed by atoms with Crippen molar-refractivity contribution in [2.24, 2.45) is 0 Å². The molecule has 2 heterocycles. The lowest BCUT2D eigenvalue weighted by molar-refractivity contribution is 0.0489. The van der Waals surface area contributed by atoms with Gasteiger partial charge in [0.25, 0.3) is 0 Å². The van der Waals surface area contributed by atoms with E-state index in [0.717, 1.165) is 6.54 Å². The minimum atomic E-state index is -2.79. The highest BCUT2D eigenvalue weighted by Crippen LogP contribution is 2.15. The lowest BCUT2D eigenvalue weighted by atomic mass is 10.1. The second kappa shape index (κ2) is 5.47. The summed E-state index contributed by atoms with van der Waals surface area (Å²) in [7, 11) is -2.79. The molecule has 0 aromatic carbocycles. The van der Waals surface area contributed by atoms with E-state index in [2.05, 4.69) is 4.90 Å². The van der Waals surface area contributed by atoms with E-state index >= 15 is 0 Å². The Morgan fingerprint density at radius 3 is 2.56 bits per heavy atom. The molecule has 1 unspecified atom stereocenters. The van der Waals surface area contributed by atoms with Gasteiger partial charge in [-0.15, -0.1) is 0 Å². The number of sulfone groups is 1. The molecule has 94 valence electrons. The van der Waals surface area contributed by atoms with Crippen molar-refractivity contribution in [1.29, 1.82) is 0 Å². The molecule has 0 bridgehead atoms. The van der Waals surface area contributed by atoms with Crippen LogP contribution < -0.4 is 0 Å². The number of ether oxygens (including phenoxy) is 1. The first-order chi connectivity index (χ1) is 7.66. The highest BCUT2D eigenvalue weighted by molar-refractivity contribution is 7.91. The van der Waals surface area contributed by atoms with Gasteiger partial charge in [0.1, 0.15) is 0 Å². The Labute approximate surface area is 97.9 Å². The van der Waals surface area contributed by atoms with Gasteiger partial charge in [-0.3, -0.25) is 0 Å². The molecule has 0 aliphatic carbocycles. The van der Waals surface area contributed by atoms with Crippen LogP contribution in [0, 0.1) is 0 Å². The summed E-state index contributed by atoms with van der Waals surface area (Å²) < 4.78 is 28.1. The van der Waals surface area contributed by atoms with Crippen LogP contribution in [0.5, 0.6) is 0 Å². The average Bonchev–Trinajstić information content (AvgIpc) is 2.60. The van der Waals surface area contributed by atoms with E-state index in [1.165, 1.54) is 32.4 Å². The standard InChI is InChI=1S/C11H21NO3S/c13-16(14)9-4-11(10-16)15-8-7-12-5-2-1-3-6-12/h11H,1-10H2. The third-order valence-corrected chi connectivity index (χ3v) is 5.14. The van der Waals surface area contributed by atoms with Crippen LogP contribution in [0.4, 0.5) is 0 Å². The van der Waals surface area contributed by atoms with Crippen LogP contribution in [0.25, 0.3) is 0 Å². The van der Waals surface area contributed by atoms with E-state index in [1.54, 1.807) is 0 Å². The van der Waals surface area contributed by atoms with E-state index in [1.807, 2.05) is 0 Å². The molecule has 0 N–H and O–H groups in total. The van der Waals surface area contributed by atoms with Crippen molar-refractivity contribution in [3.63, 3.8) is 0 Å². The molecule has 0 amide bonds. The molecule has 4 nitrogen and oxygen atoms in total. The van der Waals surface area contributed by atoms with Gasteiger partial charge in [-0.05, 0) is 32.4 Å². The van der Waals surface area contributed by atoms with Gasteiger partial charge in [-0.1, -0.05) is 6.42 Å². The first-order valence-corrected chi connectivity index (χ1v) is 8.02. The molecular weight excluding hydrogens is 226 g/mol. The summed E-state index contributed by atoms with van der Waals surface area (Å²) in [5.41, 5.74) is 0. The lowest BCUT2D eigenvalue weighted by Crippen LogP contribution is -2.33. The first-order valence-electron chi connectivity index (χ1n) is 6.20. The fourth-order valence-corrected chi connectivity index (χ4v) is 4.04. The van der Waals surface area contributed by atoms with Gasteiger partial charge < -0.3 is 9.64 Å². The number of nitrogens with zero attached hydrogens (tertiary/aromatic N) is 1. The van der Waals surface area contributed by atoms with Gasteiger partial charge in [0.2, 0.25) is 0 Å². The smallest absolute Gasteiger partial charge is 0.152 e. The number of hydrogen-bond donors (Lipinski definition) is 0. The van der Waals surface area contributed by atoms with Crippen molar-refractivity contribution in [3.8, 4) is 0 Å². The molecule has 0 aromatic heterocycles. The average molecular weight is 247 g/mol. The first kappa shape index (κ1) is 12.3. The van der Waals surface area contributed by atoms with Crippen LogP contribution in [-0.4, -0.2) is 57.2 Å². The summed E-state index contributed by atoms with van der Waals surface area (Å²) in [5.74, 6) is 0.536. The number of hydrogen-bond acceptors (Lipinski definition) is 4. The van der Waals surface area contributed by atoms with E-state index in [4.69, 9.17) is 4.74 Å². The molecule has 16 heavy (non-hydrogen) atoms. The second-order valence-electron chi connectivity index (χ2n) is 4.80. The number of rotatable bonds is 4.